The molecule has 0 aliphatic carbocycles. The molecule has 1 amide bonds. The van der Waals surface area contributed by atoms with Crippen LogP contribution in [0.1, 0.15) is 32.0 Å². The number of anilines is 1. The van der Waals surface area contributed by atoms with Gasteiger partial charge in [0, 0.05) is 24.9 Å². The molecule has 158 valence electrons. The molecule has 8 heteroatoms. The average molecular weight is 427 g/mol. The summed E-state index contributed by atoms with van der Waals surface area (Å²) >= 11 is 1.62. The van der Waals surface area contributed by atoms with E-state index in [1.54, 1.807) is 11.3 Å². The number of nitrogens with zero attached hydrogens (tertiary/aromatic N) is 3. The SMILES string of the molecule is CCCC(NC(=O)CCN(C)c1nc(C)nc2sc(-c3ccccc3)cc12)C(=O)O. The molecule has 0 radical (unpaired) electrons. The number of benzene rings is 1. The van der Waals surface area contributed by atoms with Gasteiger partial charge in [-0.25, -0.2) is 14.8 Å². The molecule has 0 saturated carbocycles. The van der Waals surface area contributed by atoms with E-state index in [9.17, 15) is 14.7 Å². The fourth-order valence-corrected chi connectivity index (χ4v) is 4.31. The minimum atomic E-state index is -1.00. The Balaban J connectivity index is 1.76. The Kier molecular flexibility index (Phi) is 6.99. The van der Waals surface area contributed by atoms with Crippen LogP contribution in [0, 0.1) is 6.92 Å². The molecule has 30 heavy (non-hydrogen) atoms. The van der Waals surface area contributed by atoms with Crippen LogP contribution in [0.5, 0.6) is 0 Å². The minimum Gasteiger partial charge on any atom is -0.480 e. The monoisotopic (exact) mass is 426 g/mol. The highest BCUT2D eigenvalue weighted by molar-refractivity contribution is 7.21. The third kappa shape index (κ3) is 5.13. The number of thiophene rings is 1. The number of aryl methyl sites for hydroxylation is 1. The van der Waals surface area contributed by atoms with Gasteiger partial charge in [0.1, 0.15) is 22.5 Å². The molecule has 0 spiro atoms. The van der Waals surface area contributed by atoms with Crippen LogP contribution in [-0.4, -0.2) is 46.6 Å². The number of hydrogen-bond donors (Lipinski definition) is 2. The summed E-state index contributed by atoms with van der Waals surface area (Å²) in [6, 6.07) is 11.4. The van der Waals surface area contributed by atoms with Crippen LogP contribution in [-0.2, 0) is 9.59 Å². The quantitative estimate of drug-likeness (QED) is 0.539. The third-order valence-electron chi connectivity index (χ3n) is 4.79. The molecule has 1 aromatic carbocycles. The van der Waals surface area contributed by atoms with Crippen LogP contribution >= 0.6 is 11.3 Å². The van der Waals surface area contributed by atoms with E-state index in [-0.39, 0.29) is 12.3 Å². The van der Waals surface area contributed by atoms with Gasteiger partial charge in [-0.15, -0.1) is 11.3 Å². The summed E-state index contributed by atoms with van der Waals surface area (Å²) in [5, 5.41) is 12.8. The molecular formula is C22H26N4O3S. The van der Waals surface area contributed by atoms with Crippen molar-refractivity contribution in [3.8, 4) is 10.4 Å². The lowest BCUT2D eigenvalue weighted by Gasteiger charge is -2.20. The van der Waals surface area contributed by atoms with Crippen LogP contribution in [0.3, 0.4) is 0 Å². The number of hydrogen-bond acceptors (Lipinski definition) is 6. The Morgan fingerprint density at radius 3 is 2.63 bits per heavy atom. The maximum Gasteiger partial charge on any atom is 0.326 e. The molecule has 0 saturated heterocycles. The van der Waals surface area contributed by atoms with Gasteiger partial charge in [-0.1, -0.05) is 43.7 Å². The maximum atomic E-state index is 12.3. The van der Waals surface area contributed by atoms with E-state index in [1.807, 2.05) is 44.0 Å². The highest BCUT2D eigenvalue weighted by atomic mass is 32.1. The van der Waals surface area contributed by atoms with Gasteiger partial charge in [0.25, 0.3) is 0 Å². The van der Waals surface area contributed by atoms with Crippen molar-refractivity contribution in [1.29, 1.82) is 0 Å². The second kappa shape index (κ2) is 9.67. The summed E-state index contributed by atoms with van der Waals surface area (Å²) in [6.45, 7) is 4.17. The van der Waals surface area contributed by atoms with Crippen molar-refractivity contribution in [2.45, 2.75) is 39.2 Å². The van der Waals surface area contributed by atoms with Gasteiger partial charge >= 0.3 is 5.97 Å². The Hall–Kier alpha value is -3.00. The zero-order valence-electron chi connectivity index (χ0n) is 17.4. The second-order valence-electron chi connectivity index (χ2n) is 7.21. The predicted octanol–water partition coefficient (Wildman–Crippen LogP) is 3.86. The lowest BCUT2D eigenvalue weighted by atomic mass is 10.1. The number of nitrogens with one attached hydrogen (secondary N) is 1. The van der Waals surface area contributed by atoms with E-state index in [2.05, 4.69) is 33.5 Å². The average Bonchev–Trinajstić information content (AvgIpc) is 3.15. The summed E-state index contributed by atoms with van der Waals surface area (Å²) in [5.74, 6) is 0.162. The van der Waals surface area contributed by atoms with Crippen LogP contribution in [0.2, 0.25) is 0 Å². The molecule has 3 aromatic rings. The lowest BCUT2D eigenvalue weighted by molar-refractivity contribution is -0.142. The van der Waals surface area contributed by atoms with Gasteiger partial charge in [-0.05, 0) is 25.0 Å². The highest BCUT2D eigenvalue weighted by Gasteiger charge is 2.20. The number of aromatic nitrogens is 2. The zero-order valence-corrected chi connectivity index (χ0v) is 18.2. The number of aliphatic carboxylic acids is 1. The van der Waals surface area contributed by atoms with Crippen LogP contribution in [0.15, 0.2) is 36.4 Å². The topological polar surface area (TPSA) is 95.4 Å². The second-order valence-corrected chi connectivity index (χ2v) is 8.24. The molecular weight excluding hydrogens is 400 g/mol. The van der Waals surface area contributed by atoms with Crippen LogP contribution < -0.4 is 10.2 Å². The van der Waals surface area contributed by atoms with E-state index < -0.39 is 12.0 Å². The van der Waals surface area contributed by atoms with Crippen molar-refractivity contribution in [1.82, 2.24) is 15.3 Å². The predicted molar refractivity (Wildman–Crippen MR) is 120 cm³/mol. The number of carbonyl (C=O) groups excluding carboxylic acids is 1. The van der Waals surface area contributed by atoms with Gasteiger partial charge in [0.05, 0.1) is 5.39 Å². The van der Waals surface area contributed by atoms with Crippen molar-refractivity contribution in [2.75, 3.05) is 18.5 Å². The molecule has 0 fully saturated rings. The first kappa shape index (κ1) is 21.7. The maximum absolute atomic E-state index is 12.3. The first-order valence-electron chi connectivity index (χ1n) is 9.96. The minimum absolute atomic E-state index is 0.185. The van der Waals surface area contributed by atoms with Crippen molar-refractivity contribution in [2.24, 2.45) is 0 Å². The Bertz CT molecular complexity index is 1040. The van der Waals surface area contributed by atoms with E-state index in [4.69, 9.17) is 0 Å². The summed E-state index contributed by atoms with van der Waals surface area (Å²) in [4.78, 5) is 36.6. The smallest absolute Gasteiger partial charge is 0.326 e. The normalized spacial score (nSPS) is 12.0. The molecule has 0 aliphatic rings. The summed E-state index contributed by atoms with van der Waals surface area (Å²) in [5.41, 5.74) is 1.13. The molecule has 2 aromatic heterocycles. The van der Waals surface area contributed by atoms with Crippen molar-refractivity contribution in [3.05, 3.63) is 42.2 Å². The Morgan fingerprint density at radius 2 is 1.97 bits per heavy atom. The van der Waals surface area contributed by atoms with E-state index in [0.717, 1.165) is 26.5 Å². The zero-order chi connectivity index (χ0) is 21.7. The van der Waals surface area contributed by atoms with Gasteiger partial charge in [0.2, 0.25) is 5.91 Å². The van der Waals surface area contributed by atoms with Crippen LogP contribution in [0.4, 0.5) is 5.82 Å². The summed E-state index contributed by atoms with van der Waals surface area (Å²) < 4.78 is 0. The molecule has 0 bridgehead atoms. The van der Waals surface area contributed by atoms with Crippen molar-refractivity contribution in [3.63, 3.8) is 0 Å². The number of carbonyl (C=O) groups is 2. The lowest BCUT2D eigenvalue weighted by Crippen LogP contribution is -2.41. The highest BCUT2D eigenvalue weighted by Crippen LogP contribution is 2.36. The fraction of sp³-hybridized carbons (Fsp3) is 0.364. The molecule has 1 unspecified atom stereocenters. The number of carboxylic acids is 1. The van der Waals surface area contributed by atoms with Gasteiger partial charge in [-0.2, -0.15) is 0 Å². The van der Waals surface area contributed by atoms with Gasteiger partial charge in [-0.3, -0.25) is 4.79 Å². The summed E-state index contributed by atoms with van der Waals surface area (Å²) in [7, 11) is 1.88. The number of amides is 1. The number of fused-ring (bicyclic) bond motifs is 1. The number of rotatable bonds is 9. The first-order valence-corrected chi connectivity index (χ1v) is 10.8. The largest absolute Gasteiger partial charge is 0.480 e. The molecule has 7 nitrogen and oxygen atoms in total. The Labute approximate surface area is 179 Å². The molecule has 1 atom stereocenters. The van der Waals surface area contributed by atoms with Crippen molar-refractivity contribution >= 4 is 39.2 Å². The molecule has 0 aliphatic heterocycles. The molecule has 3 rings (SSSR count). The van der Waals surface area contributed by atoms with E-state index in [1.165, 1.54) is 0 Å². The third-order valence-corrected chi connectivity index (χ3v) is 5.87. The standard InChI is InChI=1S/C22H26N4O3S/c1-4-8-17(22(28)29)25-19(27)11-12-26(3)20-16-13-18(15-9-6-5-7-10-15)30-21(16)24-14(2)23-20/h5-7,9-10,13,17H,4,8,11-12H2,1-3H3,(H,25,27)(H,28,29). The first-order chi connectivity index (χ1) is 14.4. The van der Waals surface area contributed by atoms with Gasteiger partial charge < -0.3 is 15.3 Å². The van der Waals surface area contributed by atoms with Gasteiger partial charge in [0.15, 0.2) is 0 Å². The Morgan fingerprint density at radius 1 is 1.23 bits per heavy atom. The van der Waals surface area contributed by atoms with Crippen LogP contribution in [0.25, 0.3) is 20.7 Å². The van der Waals surface area contributed by atoms with E-state index >= 15 is 0 Å². The van der Waals surface area contributed by atoms with Crippen molar-refractivity contribution < 1.29 is 14.7 Å². The summed E-state index contributed by atoms with van der Waals surface area (Å²) in [6.07, 6.45) is 1.29. The molecule has 2 heterocycles. The molecule has 2 N–H and O–H groups in total. The van der Waals surface area contributed by atoms with E-state index in [0.29, 0.717) is 25.2 Å². The number of carboxylic acid groups (broad SMARTS) is 1. The fourth-order valence-electron chi connectivity index (χ4n) is 3.23.